The van der Waals surface area contributed by atoms with E-state index in [1.54, 1.807) is 5.38 Å². The van der Waals surface area contributed by atoms with E-state index in [0.717, 1.165) is 17.4 Å². The van der Waals surface area contributed by atoms with E-state index in [2.05, 4.69) is 15.0 Å². The first-order valence-corrected chi connectivity index (χ1v) is 11.6. The van der Waals surface area contributed by atoms with Crippen molar-refractivity contribution in [1.29, 1.82) is 0 Å². The number of hydrogen-bond acceptors (Lipinski definition) is 6. The Morgan fingerprint density at radius 2 is 1.94 bits per heavy atom. The molecule has 0 unspecified atom stereocenters. The van der Waals surface area contributed by atoms with Crippen molar-refractivity contribution in [3.63, 3.8) is 0 Å². The van der Waals surface area contributed by atoms with Crippen molar-refractivity contribution in [3.8, 4) is 5.75 Å². The third-order valence-electron chi connectivity index (χ3n) is 3.87. The molecule has 12 heteroatoms. The first-order chi connectivity index (χ1) is 14.7. The Morgan fingerprint density at radius 3 is 2.61 bits per heavy atom. The number of carbonyl (C=O) groups excluding carboxylic acids is 1. The lowest BCUT2D eigenvalue weighted by Crippen LogP contribution is -2.14. The third kappa shape index (κ3) is 6.36. The maximum atomic E-state index is 13.4. The van der Waals surface area contributed by atoms with Gasteiger partial charge in [-0.3, -0.25) is 9.52 Å². The molecule has 2 aromatic carbocycles. The number of rotatable bonds is 9. The minimum Gasteiger partial charge on any atom is -0.492 e. The molecule has 0 aliphatic heterocycles. The van der Waals surface area contributed by atoms with Crippen molar-refractivity contribution in [3.05, 3.63) is 64.6 Å². The molecule has 1 aromatic heterocycles. The molecule has 0 aliphatic rings. The van der Waals surface area contributed by atoms with Crippen molar-refractivity contribution < 1.29 is 26.7 Å². The van der Waals surface area contributed by atoms with Crippen LogP contribution in [0.15, 0.2) is 52.9 Å². The van der Waals surface area contributed by atoms with Crippen molar-refractivity contribution in [1.82, 2.24) is 4.98 Å². The van der Waals surface area contributed by atoms with Crippen molar-refractivity contribution in [2.75, 3.05) is 16.6 Å². The highest BCUT2D eigenvalue weighted by molar-refractivity contribution is 7.93. The number of amides is 1. The van der Waals surface area contributed by atoms with Crippen LogP contribution < -0.4 is 14.8 Å². The van der Waals surface area contributed by atoms with Gasteiger partial charge >= 0.3 is 0 Å². The molecule has 3 rings (SSSR count). The van der Waals surface area contributed by atoms with Crippen molar-refractivity contribution >= 4 is 49.7 Å². The van der Waals surface area contributed by atoms with Gasteiger partial charge < -0.3 is 10.1 Å². The number of benzene rings is 2. The average molecular weight is 488 g/mol. The summed E-state index contributed by atoms with van der Waals surface area (Å²) in [4.78, 5) is 15.9. The lowest BCUT2D eigenvalue weighted by atomic mass is 10.2. The largest absolute Gasteiger partial charge is 0.492 e. The molecule has 31 heavy (non-hydrogen) atoms. The van der Waals surface area contributed by atoms with Crippen LogP contribution in [0.3, 0.4) is 0 Å². The van der Waals surface area contributed by atoms with Gasteiger partial charge in [-0.1, -0.05) is 11.6 Å². The van der Waals surface area contributed by atoms with Gasteiger partial charge in [-0.05, 0) is 30.7 Å². The number of nitrogens with one attached hydrogen (secondary N) is 2. The van der Waals surface area contributed by atoms with Crippen LogP contribution in [-0.2, 0) is 14.8 Å². The fraction of sp³-hybridized carbons (Fsp3) is 0.158. The molecule has 7 nitrogen and oxygen atoms in total. The van der Waals surface area contributed by atoms with Gasteiger partial charge in [0.25, 0.3) is 10.0 Å². The first kappa shape index (κ1) is 22.9. The molecule has 1 heterocycles. The Balaban J connectivity index is 1.47. The van der Waals surface area contributed by atoms with Crippen LogP contribution in [-0.4, -0.2) is 25.9 Å². The summed E-state index contributed by atoms with van der Waals surface area (Å²) in [5.74, 6) is -2.22. The second-order valence-corrected chi connectivity index (χ2v) is 9.12. The second kappa shape index (κ2) is 10.0. The number of carbonyl (C=O) groups is 1. The lowest BCUT2D eigenvalue weighted by molar-refractivity contribution is -0.116. The number of anilines is 2. The summed E-state index contributed by atoms with van der Waals surface area (Å²) in [6.07, 6.45) is 1.82. The molecular formula is C19H16ClF2N3O4S2. The average Bonchev–Trinajstić information content (AvgIpc) is 3.21. The lowest BCUT2D eigenvalue weighted by Gasteiger charge is -2.10. The first-order valence-electron chi connectivity index (χ1n) is 8.84. The zero-order valence-electron chi connectivity index (χ0n) is 15.8. The zero-order chi connectivity index (χ0) is 22.4. The number of aromatic nitrogens is 1. The highest BCUT2D eigenvalue weighted by atomic mass is 35.5. The van der Waals surface area contributed by atoms with E-state index in [4.69, 9.17) is 16.3 Å². The number of nitrogens with zero attached hydrogens (tertiary/aromatic N) is 1. The smallest absolute Gasteiger partial charge is 0.263 e. The van der Waals surface area contributed by atoms with E-state index in [0.29, 0.717) is 11.8 Å². The van der Waals surface area contributed by atoms with Gasteiger partial charge in [-0.15, -0.1) is 11.3 Å². The normalized spacial score (nSPS) is 11.2. The highest BCUT2D eigenvalue weighted by Gasteiger charge is 2.15. The maximum absolute atomic E-state index is 13.4. The fourth-order valence-corrected chi connectivity index (χ4v) is 4.39. The van der Waals surface area contributed by atoms with Crippen LogP contribution >= 0.6 is 22.9 Å². The summed E-state index contributed by atoms with van der Waals surface area (Å²) in [6.45, 7) is 0.0235. The topological polar surface area (TPSA) is 97.4 Å². The van der Waals surface area contributed by atoms with Gasteiger partial charge in [0.05, 0.1) is 11.5 Å². The maximum Gasteiger partial charge on any atom is 0.263 e. The standard InChI is InChI=1S/C19H16ClF2N3O4S2/c20-18-15(22)10-12(21)11-16(18)29-8-1-2-17(26)24-13-3-5-14(6-4-13)31(27,28)25-19-23-7-9-30-19/h3-7,9-11H,1-2,8H2,(H,23,25)(H,24,26). The summed E-state index contributed by atoms with van der Waals surface area (Å²) in [5.41, 5.74) is 0.411. The van der Waals surface area contributed by atoms with Crippen LogP contribution in [0.1, 0.15) is 12.8 Å². The Labute approximate surface area is 186 Å². The number of hydrogen-bond donors (Lipinski definition) is 2. The quantitative estimate of drug-likeness (QED) is 0.337. The molecule has 0 saturated heterocycles. The molecule has 2 N–H and O–H groups in total. The van der Waals surface area contributed by atoms with E-state index < -0.39 is 21.7 Å². The summed E-state index contributed by atoms with van der Waals surface area (Å²) < 4.78 is 58.7. The Hall–Kier alpha value is -2.76. The van der Waals surface area contributed by atoms with E-state index >= 15 is 0 Å². The van der Waals surface area contributed by atoms with Gasteiger partial charge in [0.1, 0.15) is 22.4 Å². The van der Waals surface area contributed by atoms with Crippen LogP contribution in [0, 0.1) is 11.6 Å². The molecule has 0 aliphatic carbocycles. The van der Waals surface area contributed by atoms with E-state index in [-0.39, 0.29) is 46.2 Å². The van der Waals surface area contributed by atoms with Gasteiger partial charge in [0.15, 0.2) is 5.13 Å². The molecule has 164 valence electrons. The highest BCUT2D eigenvalue weighted by Crippen LogP contribution is 2.28. The number of ether oxygens (including phenoxy) is 1. The van der Waals surface area contributed by atoms with Crippen LogP contribution in [0.25, 0.3) is 0 Å². The fourth-order valence-electron chi connectivity index (χ4n) is 2.44. The third-order valence-corrected chi connectivity index (χ3v) is 6.41. The van der Waals surface area contributed by atoms with E-state index in [9.17, 15) is 22.0 Å². The second-order valence-electron chi connectivity index (χ2n) is 6.17. The molecule has 0 spiro atoms. The summed E-state index contributed by atoms with van der Waals surface area (Å²) >= 11 is 6.86. The minimum atomic E-state index is -3.78. The molecule has 0 radical (unpaired) electrons. The molecule has 0 atom stereocenters. The zero-order valence-corrected chi connectivity index (χ0v) is 18.2. The molecular weight excluding hydrogens is 472 g/mol. The number of halogens is 3. The molecule has 1 amide bonds. The molecule has 0 fully saturated rings. The van der Waals surface area contributed by atoms with Crippen LogP contribution in [0.2, 0.25) is 5.02 Å². The van der Waals surface area contributed by atoms with Crippen LogP contribution in [0.5, 0.6) is 5.75 Å². The minimum absolute atomic E-state index is 0.0216. The Bertz CT molecular complexity index is 1160. The molecule has 0 bridgehead atoms. The summed E-state index contributed by atoms with van der Waals surface area (Å²) in [7, 11) is -3.78. The van der Waals surface area contributed by atoms with Gasteiger partial charge in [0, 0.05) is 35.8 Å². The Kier molecular flexibility index (Phi) is 7.42. The van der Waals surface area contributed by atoms with Gasteiger partial charge in [-0.25, -0.2) is 22.2 Å². The van der Waals surface area contributed by atoms with E-state index in [1.807, 2.05) is 0 Å². The monoisotopic (exact) mass is 487 g/mol. The summed E-state index contributed by atoms with van der Waals surface area (Å²) in [5, 5.41) is 4.20. The predicted molar refractivity (Wildman–Crippen MR) is 114 cm³/mol. The SMILES string of the molecule is O=C(CCCOc1cc(F)cc(F)c1Cl)Nc1ccc(S(=O)(=O)Nc2nccs2)cc1. The molecule has 3 aromatic rings. The summed E-state index contributed by atoms with van der Waals surface area (Å²) in [6, 6.07) is 7.24. The molecule has 0 saturated carbocycles. The number of sulfonamides is 1. The number of thiazole rings is 1. The van der Waals surface area contributed by atoms with Crippen LogP contribution in [0.4, 0.5) is 19.6 Å². The van der Waals surface area contributed by atoms with Gasteiger partial charge in [0.2, 0.25) is 5.91 Å². The Morgan fingerprint density at radius 1 is 1.19 bits per heavy atom. The predicted octanol–water partition coefficient (Wildman–Crippen LogP) is 4.67. The van der Waals surface area contributed by atoms with Crippen molar-refractivity contribution in [2.24, 2.45) is 0 Å². The van der Waals surface area contributed by atoms with Gasteiger partial charge in [-0.2, -0.15) is 0 Å². The van der Waals surface area contributed by atoms with Crippen molar-refractivity contribution in [2.45, 2.75) is 17.7 Å². The van der Waals surface area contributed by atoms with E-state index in [1.165, 1.54) is 30.5 Å².